The van der Waals surface area contributed by atoms with Crippen LogP contribution >= 0.6 is 0 Å². The van der Waals surface area contributed by atoms with Gasteiger partial charge in [-0.15, -0.1) is 0 Å². The van der Waals surface area contributed by atoms with E-state index in [0.29, 0.717) is 17.1 Å². The number of oxime groups is 1. The molecule has 0 aliphatic rings. The number of amides is 1. The Kier molecular flexibility index (Phi) is 5.45. The summed E-state index contributed by atoms with van der Waals surface area (Å²) in [5, 5.41) is 16.9. The maximum atomic E-state index is 12.0. The number of nitro groups is 1. The first-order chi connectivity index (χ1) is 11.6. The Bertz CT molecular complexity index is 772. The van der Waals surface area contributed by atoms with Gasteiger partial charge in [-0.2, -0.15) is 0 Å². The Morgan fingerprint density at radius 1 is 1.17 bits per heavy atom. The second-order valence-corrected chi connectivity index (χ2v) is 4.55. The molecule has 0 unspecified atom stereocenters. The number of nitrogens with zero attached hydrogens (tertiary/aromatic N) is 2. The number of rotatable bonds is 6. The van der Waals surface area contributed by atoms with Gasteiger partial charge in [0.05, 0.1) is 10.5 Å². The maximum Gasteiger partial charge on any atom is 0.273 e. The molecule has 8 heteroatoms. The molecule has 8 nitrogen and oxygen atoms in total. The SMILES string of the molecule is CNC(=O)/C(=N\OC)c1ccccc1Oc1ccc([N+](=O)[O-])cc1. The Labute approximate surface area is 137 Å². The minimum Gasteiger partial charge on any atom is -0.457 e. The molecule has 0 bridgehead atoms. The normalized spacial score (nSPS) is 10.8. The van der Waals surface area contributed by atoms with Crippen molar-refractivity contribution in [3.63, 3.8) is 0 Å². The van der Waals surface area contributed by atoms with Gasteiger partial charge in [-0.3, -0.25) is 14.9 Å². The molecule has 0 aromatic heterocycles. The van der Waals surface area contributed by atoms with E-state index >= 15 is 0 Å². The van der Waals surface area contributed by atoms with Crippen molar-refractivity contribution in [2.24, 2.45) is 5.16 Å². The van der Waals surface area contributed by atoms with Crippen molar-refractivity contribution in [2.45, 2.75) is 0 Å². The monoisotopic (exact) mass is 329 g/mol. The lowest BCUT2D eigenvalue weighted by molar-refractivity contribution is -0.384. The molecule has 2 aromatic carbocycles. The van der Waals surface area contributed by atoms with E-state index in [-0.39, 0.29) is 11.4 Å². The number of para-hydroxylation sites is 1. The number of likely N-dealkylation sites (N-methyl/N-ethyl adjacent to an activating group) is 1. The molecule has 0 saturated heterocycles. The van der Waals surface area contributed by atoms with Crippen LogP contribution in [0.2, 0.25) is 0 Å². The Balaban J connectivity index is 2.36. The Hall–Kier alpha value is -3.42. The van der Waals surface area contributed by atoms with Gasteiger partial charge in [-0.25, -0.2) is 0 Å². The van der Waals surface area contributed by atoms with E-state index in [9.17, 15) is 14.9 Å². The van der Waals surface area contributed by atoms with Gasteiger partial charge in [0.1, 0.15) is 18.6 Å². The van der Waals surface area contributed by atoms with E-state index in [4.69, 9.17) is 9.57 Å². The quantitative estimate of drug-likeness (QED) is 0.498. The summed E-state index contributed by atoms with van der Waals surface area (Å²) in [6.07, 6.45) is 0. The molecule has 0 spiro atoms. The molecule has 0 aliphatic carbocycles. The molecule has 0 heterocycles. The topological polar surface area (TPSA) is 103 Å². The Morgan fingerprint density at radius 2 is 1.83 bits per heavy atom. The lowest BCUT2D eigenvalue weighted by Gasteiger charge is -2.11. The van der Waals surface area contributed by atoms with E-state index in [2.05, 4.69) is 10.5 Å². The fourth-order valence-corrected chi connectivity index (χ4v) is 1.94. The molecule has 1 N–H and O–H groups in total. The lowest BCUT2D eigenvalue weighted by atomic mass is 10.1. The summed E-state index contributed by atoms with van der Waals surface area (Å²) in [6.45, 7) is 0. The van der Waals surface area contributed by atoms with Crippen LogP contribution in [-0.2, 0) is 9.63 Å². The highest BCUT2D eigenvalue weighted by Gasteiger charge is 2.18. The number of carbonyl (C=O) groups is 1. The van der Waals surface area contributed by atoms with E-state index in [1.54, 1.807) is 24.3 Å². The van der Waals surface area contributed by atoms with Gasteiger partial charge >= 0.3 is 0 Å². The molecule has 0 aliphatic heterocycles. The highest BCUT2D eigenvalue weighted by molar-refractivity contribution is 6.45. The third-order valence-corrected chi connectivity index (χ3v) is 3.04. The fraction of sp³-hybridized carbons (Fsp3) is 0.125. The van der Waals surface area contributed by atoms with Crippen molar-refractivity contribution >= 4 is 17.3 Å². The summed E-state index contributed by atoms with van der Waals surface area (Å²) in [5.74, 6) is 0.323. The number of hydrogen-bond acceptors (Lipinski definition) is 6. The van der Waals surface area contributed by atoms with Crippen molar-refractivity contribution in [3.8, 4) is 11.5 Å². The summed E-state index contributed by atoms with van der Waals surface area (Å²) in [6, 6.07) is 12.4. The van der Waals surface area contributed by atoms with Crippen LogP contribution in [0.5, 0.6) is 11.5 Å². The van der Waals surface area contributed by atoms with Gasteiger partial charge in [-0.05, 0) is 24.3 Å². The minimum atomic E-state index is -0.493. The summed E-state index contributed by atoms with van der Waals surface area (Å²) >= 11 is 0. The predicted molar refractivity (Wildman–Crippen MR) is 87.2 cm³/mol. The molecule has 0 saturated carbocycles. The maximum absolute atomic E-state index is 12.0. The number of nitrogens with one attached hydrogen (secondary N) is 1. The summed E-state index contributed by atoms with van der Waals surface area (Å²) < 4.78 is 5.73. The first-order valence-electron chi connectivity index (χ1n) is 6.91. The number of nitro benzene ring substituents is 1. The van der Waals surface area contributed by atoms with Crippen LogP contribution in [-0.4, -0.2) is 30.7 Å². The summed E-state index contributed by atoms with van der Waals surface area (Å²) in [5.41, 5.74) is 0.442. The smallest absolute Gasteiger partial charge is 0.273 e. The number of ether oxygens (including phenoxy) is 1. The van der Waals surface area contributed by atoms with Crippen LogP contribution in [0.3, 0.4) is 0 Å². The zero-order valence-electron chi connectivity index (χ0n) is 13.1. The van der Waals surface area contributed by atoms with Crippen LogP contribution in [0.4, 0.5) is 5.69 Å². The van der Waals surface area contributed by atoms with Crippen LogP contribution in [0.1, 0.15) is 5.56 Å². The first kappa shape index (κ1) is 16.9. The van der Waals surface area contributed by atoms with Crippen molar-refractivity contribution in [2.75, 3.05) is 14.2 Å². The highest BCUT2D eigenvalue weighted by Crippen LogP contribution is 2.27. The van der Waals surface area contributed by atoms with Gasteiger partial charge < -0.3 is 14.9 Å². The van der Waals surface area contributed by atoms with Crippen LogP contribution in [0.25, 0.3) is 0 Å². The second-order valence-electron chi connectivity index (χ2n) is 4.55. The van der Waals surface area contributed by atoms with Crippen molar-refractivity contribution < 1.29 is 19.3 Å². The summed E-state index contributed by atoms with van der Waals surface area (Å²) in [4.78, 5) is 26.9. The third-order valence-electron chi connectivity index (χ3n) is 3.04. The standard InChI is InChI=1S/C16H15N3O5/c1-17-16(20)15(18-23-2)13-5-3-4-6-14(13)24-12-9-7-11(8-10-12)19(21)22/h3-10H,1-2H3,(H,17,20)/b18-15-. The fourth-order valence-electron chi connectivity index (χ4n) is 1.94. The molecule has 24 heavy (non-hydrogen) atoms. The number of benzene rings is 2. The largest absolute Gasteiger partial charge is 0.457 e. The third kappa shape index (κ3) is 3.86. The van der Waals surface area contributed by atoms with Gasteiger partial charge in [0.2, 0.25) is 0 Å². The number of non-ortho nitro benzene ring substituents is 1. The molecule has 124 valence electrons. The lowest BCUT2D eigenvalue weighted by Crippen LogP contribution is -2.28. The van der Waals surface area contributed by atoms with Crippen molar-refractivity contribution in [3.05, 3.63) is 64.2 Å². The van der Waals surface area contributed by atoms with E-state index in [1.807, 2.05) is 0 Å². The van der Waals surface area contributed by atoms with Gasteiger partial charge in [0, 0.05) is 19.2 Å². The zero-order chi connectivity index (χ0) is 17.5. The molecule has 1 amide bonds. The second kappa shape index (κ2) is 7.73. The molecule has 0 fully saturated rings. The van der Waals surface area contributed by atoms with Gasteiger partial charge in [-0.1, -0.05) is 17.3 Å². The number of hydrogen-bond donors (Lipinski definition) is 1. The predicted octanol–water partition coefficient (Wildman–Crippen LogP) is 2.48. The van der Waals surface area contributed by atoms with E-state index in [1.165, 1.54) is 38.4 Å². The average Bonchev–Trinajstić information content (AvgIpc) is 2.60. The van der Waals surface area contributed by atoms with Crippen molar-refractivity contribution in [1.82, 2.24) is 5.32 Å². The van der Waals surface area contributed by atoms with E-state index in [0.717, 1.165) is 0 Å². The molecule has 2 rings (SSSR count). The molecule has 0 radical (unpaired) electrons. The Morgan fingerprint density at radius 3 is 2.42 bits per heavy atom. The van der Waals surface area contributed by atoms with Gasteiger partial charge in [0.15, 0.2) is 5.71 Å². The van der Waals surface area contributed by atoms with Crippen LogP contribution < -0.4 is 10.1 Å². The highest BCUT2D eigenvalue weighted by atomic mass is 16.6. The minimum absolute atomic E-state index is 0.0392. The zero-order valence-corrected chi connectivity index (χ0v) is 13.1. The average molecular weight is 329 g/mol. The molecular formula is C16H15N3O5. The molecular weight excluding hydrogens is 314 g/mol. The van der Waals surface area contributed by atoms with Gasteiger partial charge in [0.25, 0.3) is 11.6 Å². The summed E-state index contributed by atoms with van der Waals surface area (Å²) in [7, 11) is 2.82. The first-order valence-corrected chi connectivity index (χ1v) is 6.91. The molecule has 0 atom stereocenters. The van der Waals surface area contributed by atoms with Crippen LogP contribution in [0, 0.1) is 10.1 Å². The van der Waals surface area contributed by atoms with Crippen LogP contribution in [0.15, 0.2) is 53.7 Å². The number of carbonyl (C=O) groups excluding carboxylic acids is 1. The van der Waals surface area contributed by atoms with Crippen molar-refractivity contribution in [1.29, 1.82) is 0 Å². The molecule has 2 aromatic rings. The van der Waals surface area contributed by atoms with E-state index < -0.39 is 10.8 Å².